The number of nitrogens with zero attached hydrogens (tertiary/aromatic N) is 2. The van der Waals surface area contributed by atoms with Crippen LogP contribution in [-0.2, 0) is 16.1 Å². The number of hydrogen-bond donors (Lipinski definition) is 1. The summed E-state index contributed by atoms with van der Waals surface area (Å²) in [6, 6.07) is 9.31. The molecule has 10 nitrogen and oxygen atoms in total. The minimum Gasteiger partial charge on any atom is -0.454 e. The van der Waals surface area contributed by atoms with Crippen LogP contribution < -0.4 is 24.4 Å². The second-order valence-corrected chi connectivity index (χ2v) is 6.20. The number of anilines is 1. The van der Waals surface area contributed by atoms with Crippen LogP contribution in [0.1, 0.15) is 5.56 Å². The van der Waals surface area contributed by atoms with Gasteiger partial charge in [-0.05, 0) is 23.8 Å². The highest BCUT2D eigenvalue weighted by atomic mass is 16.7. The molecule has 2 aromatic carbocycles. The quantitative estimate of drug-likeness (QED) is 0.355. The molecule has 0 saturated carbocycles. The number of carbonyl (C=O) groups excluding carboxylic acids is 2. The zero-order valence-corrected chi connectivity index (χ0v) is 14.5. The number of hydrogen-bond acceptors (Lipinski definition) is 8. The van der Waals surface area contributed by atoms with Gasteiger partial charge >= 0.3 is 5.97 Å². The third kappa shape index (κ3) is 3.52. The molecule has 28 heavy (non-hydrogen) atoms. The van der Waals surface area contributed by atoms with Crippen LogP contribution in [0.2, 0.25) is 0 Å². The van der Waals surface area contributed by atoms with Crippen molar-refractivity contribution in [2.45, 2.75) is 6.54 Å². The molecular formula is C18H15N3O7. The van der Waals surface area contributed by atoms with E-state index in [1.165, 1.54) is 23.1 Å². The molecule has 1 N–H and O–H groups in total. The molecule has 0 fully saturated rings. The van der Waals surface area contributed by atoms with Gasteiger partial charge in [-0.1, -0.05) is 6.07 Å². The van der Waals surface area contributed by atoms with Crippen LogP contribution in [-0.4, -0.2) is 36.7 Å². The SMILES string of the molecule is O=C(CN1CC(=O)Oc2cc([N+](=O)[O-])ccc21)NCc1ccc2c(c1)OCO2. The van der Waals surface area contributed by atoms with Crippen molar-refractivity contribution < 1.29 is 28.7 Å². The molecule has 144 valence electrons. The van der Waals surface area contributed by atoms with Crippen LogP contribution in [0.3, 0.4) is 0 Å². The molecule has 0 radical (unpaired) electrons. The second kappa shape index (κ2) is 7.06. The van der Waals surface area contributed by atoms with E-state index in [4.69, 9.17) is 14.2 Å². The normalized spacial score (nSPS) is 14.3. The van der Waals surface area contributed by atoms with Crippen molar-refractivity contribution in [3.63, 3.8) is 0 Å². The maximum Gasteiger partial charge on any atom is 0.331 e. The van der Waals surface area contributed by atoms with Gasteiger partial charge in [0.2, 0.25) is 12.7 Å². The summed E-state index contributed by atoms with van der Waals surface area (Å²) in [5.74, 6) is 0.455. The van der Waals surface area contributed by atoms with E-state index in [1.807, 2.05) is 6.07 Å². The molecule has 2 heterocycles. The lowest BCUT2D eigenvalue weighted by Gasteiger charge is -2.28. The summed E-state index contributed by atoms with van der Waals surface area (Å²) < 4.78 is 15.6. The summed E-state index contributed by atoms with van der Waals surface area (Å²) in [5, 5.41) is 13.7. The van der Waals surface area contributed by atoms with Gasteiger partial charge in [0.15, 0.2) is 17.2 Å². The number of nitro groups is 1. The predicted octanol–water partition coefficient (Wildman–Crippen LogP) is 1.37. The molecule has 0 aromatic heterocycles. The highest BCUT2D eigenvalue weighted by molar-refractivity contribution is 5.89. The molecule has 0 saturated heterocycles. The number of nitro benzene ring substituents is 1. The third-order valence-corrected chi connectivity index (χ3v) is 4.30. The molecule has 0 unspecified atom stereocenters. The first-order chi connectivity index (χ1) is 13.5. The van der Waals surface area contributed by atoms with E-state index in [0.29, 0.717) is 17.2 Å². The van der Waals surface area contributed by atoms with Crippen molar-refractivity contribution in [3.05, 3.63) is 52.1 Å². The van der Waals surface area contributed by atoms with E-state index in [9.17, 15) is 19.7 Å². The van der Waals surface area contributed by atoms with Crippen molar-refractivity contribution in [1.29, 1.82) is 0 Å². The van der Waals surface area contributed by atoms with Gasteiger partial charge in [0.25, 0.3) is 5.69 Å². The van der Waals surface area contributed by atoms with E-state index < -0.39 is 10.9 Å². The van der Waals surface area contributed by atoms with Crippen LogP contribution in [0, 0.1) is 10.1 Å². The molecule has 0 spiro atoms. The average molecular weight is 385 g/mol. The Hall–Kier alpha value is -3.82. The summed E-state index contributed by atoms with van der Waals surface area (Å²) in [6.45, 7) is 0.237. The van der Waals surface area contributed by atoms with Crippen molar-refractivity contribution in [2.75, 3.05) is 24.8 Å². The molecule has 4 rings (SSSR count). The number of ether oxygens (including phenoxy) is 3. The fourth-order valence-corrected chi connectivity index (χ4v) is 2.98. The number of rotatable bonds is 5. The van der Waals surface area contributed by atoms with Crippen LogP contribution in [0.4, 0.5) is 11.4 Å². The number of fused-ring (bicyclic) bond motifs is 2. The number of esters is 1. The van der Waals surface area contributed by atoms with Crippen LogP contribution >= 0.6 is 0 Å². The van der Waals surface area contributed by atoms with E-state index in [0.717, 1.165) is 5.56 Å². The maximum atomic E-state index is 12.3. The Kier molecular flexibility index (Phi) is 4.44. The summed E-state index contributed by atoms with van der Waals surface area (Å²) in [6.07, 6.45) is 0. The molecule has 0 bridgehead atoms. The lowest BCUT2D eigenvalue weighted by atomic mass is 10.2. The Morgan fingerprint density at radius 2 is 1.96 bits per heavy atom. The van der Waals surface area contributed by atoms with Gasteiger partial charge < -0.3 is 24.4 Å². The van der Waals surface area contributed by atoms with Gasteiger partial charge in [-0.15, -0.1) is 0 Å². The van der Waals surface area contributed by atoms with Crippen LogP contribution in [0.5, 0.6) is 17.2 Å². The first kappa shape index (κ1) is 17.6. The van der Waals surface area contributed by atoms with E-state index in [-0.39, 0.29) is 43.8 Å². The molecule has 1 amide bonds. The maximum absolute atomic E-state index is 12.3. The van der Waals surface area contributed by atoms with Gasteiger partial charge in [0.05, 0.1) is 23.2 Å². The van der Waals surface area contributed by atoms with Gasteiger partial charge in [-0.25, -0.2) is 4.79 Å². The molecule has 0 aliphatic carbocycles. The standard InChI is InChI=1S/C18H15N3O7/c22-17(19-7-11-1-4-14-16(5-11)27-10-26-14)8-20-9-18(23)28-15-6-12(21(24)25)2-3-13(15)20/h1-6H,7-10H2,(H,19,22). The summed E-state index contributed by atoms with van der Waals surface area (Å²) >= 11 is 0. The smallest absolute Gasteiger partial charge is 0.331 e. The second-order valence-electron chi connectivity index (χ2n) is 6.20. The summed E-state index contributed by atoms with van der Waals surface area (Å²) in [7, 11) is 0. The Balaban J connectivity index is 1.42. The molecule has 10 heteroatoms. The zero-order chi connectivity index (χ0) is 19.7. The fourth-order valence-electron chi connectivity index (χ4n) is 2.98. The number of carbonyl (C=O) groups is 2. The average Bonchev–Trinajstić information content (AvgIpc) is 3.13. The van der Waals surface area contributed by atoms with E-state index in [2.05, 4.69) is 5.32 Å². The van der Waals surface area contributed by atoms with E-state index in [1.54, 1.807) is 12.1 Å². The largest absolute Gasteiger partial charge is 0.454 e. The first-order valence-corrected chi connectivity index (χ1v) is 8.39. The summed E-state index contributed by atoms with van der Waals surface area (Å²) in [5.41, 5.74) is 1.09. The highest BCUT2D eigenvalue weighted by Gasteiger charge is 2.27. The number of amides is 1. The van der Waals surface area contributed by atoms with Gasteiger partial charge in [0, 0.05) is 12.6 Å². The topological polar surface area (TPSA) is 120 Å². The van der Waals surface area contributed by atoms with Crippen molar-refractivity contribution in [2.24, 2.45) is 0 Å². The highest BCUT2D eigenvalue weighted by Crippen LogP contribution is 2.35. The monoisotopic (exact) mass is 385 g/mol. The molecule has 2 aliphatic rings. The predicted molar refractivity (Wildman–Crippen MR) is 95.4 cm³/mol. The Morgan fingerprint density at radius 1 is 1.14 bits per heavy atom. The Morgan fingerprint density at radius 3 is 2.79 bits per heavy atom. The summed E-state index contributed by atoms with van der Waals surface area (Å²) in [4.78, 5) is 36.0. The molecule has 2 aliphatic heterocycles. The van der Waals surface area contributed by atoms with Crippen molar-refractivity contribution in [1.82, 2.24) is 5.32 Å². The van der Waals surface area contributed by atoms with Gasteiger partial charge in [0.1, 0.15) is 6.54 Å². The number of benzene rings is 2. The number of non-ortho nitro benzene ring substituents is 1. The van der Waals surface area contributed by atoms with E-state index >= 15 is 0 Å². The zero-order valence-electron chi connectivity index (χ0n) is 14.5. The van der Waals surface area contributed by atoms with Crippen LogP contribution in [0.25, 0.3) is 0 Å². The van der Waals surface area contributed by atoms with Crippen molar-refractivity contribution >= 4 is 23.3 Å². The first-order valence-electron chi connectivity index (χ1n) is 8.39. The minimum atomic E-state index is -0.587. The van der Waals surface area contributed by atoms with Crippen molar-refractivity contribution in [3.8, 4) is 17.2 Å². The molecule has 0 atom stereocenters. The fraction of sp³-hybridized carbons (Fsp3) is 0.222. The Bertz CT molecular complexity index is 976. The van der Waals surface area contributed by atoms with Gasteiger partial charge in [-0.3, -0.25) is 14.9 Å². The van der Waals surface area contributed by atoms with Gasteiger partial charge in [-0.2, -0.15) is 0 Å². The Labute approximate surface area is 158 Å². The minimum absolute atomic E-state index is 0.0639. The van der Waals surface area contributed by atoms with Crippen LogP contribution in [0.15, 0.2) is 36.4 Å². The number of nitrogens with one attached hydrogen (secondary N) is 1. The molecular weight excluding hydrogens is 370 g/mol. The molecule has 2 aromatic rings. The third-order valence-electron chi connectivity index (χ3n) is 4.30. The lowest BCUT2D eigenvalue weighted by Crippen LogP contribution is -2.43. The lowest BCUT2D eigenvalue weighted by molar-refractivity contribution is -0.384.